The lowest BCUT2D eigenvalue weighted by molar-refractivity contribution is 0.144. The van der Waals surface area contributed by atoms with Gasteiger partial charge in [0.25, 0.3) is 6.43 Å². The lowest BCUT2D eigenvalue weighted by Gasteiger charge is -2.42. The van der Waals surface area contributed by atoms with Crippen LogP contribution in [0.25, 0.3) is 17.0 Å². The van der Waals surface area contributed by atoms with Crippen LogP contribution in [0.5, 0.6) is 0 Å². The first kappa shape index (κ1) is 20.9. The summed E-state index contributed by atoms with van der Waals surface area (Å²) >= 11 is -0.861. The summed E-state index contributed by atoms with van der Waals surface area (Å²) in [4.78, 5) is 15.3. The largest absolute Gasteiger partial charge is 0.617 e. The van der Waals surface area contributed by atoms with Gasteiger partial charge in [-0.25, -0.2) is 28.2 Å². The molecule has 4 atom stereocenters. The summed E-state index contributed by atoms with van der Waals surface area (Å²) in [6, 6.07) is 4.81. The Labute approximate surface area is 176 Å². The quantitative estimate of drug-likeness (QED) is 0.573. The Bertz CT molecular complexity index is 1030. The highest BCUT2D eigenvalue weighted by molar-refractivity contribution is 7.90. The number of anilines is 1. The van der Waals surface area contributed by atoms with Crippen molar-refractivity contribution in [2.45, 2.75) is 32.7 Å². The van der Waals surface area contributed by atoms with E-state index >= 15 is 0 Å². The molecule has 0 spiro atoms. The van der Waals surface area contributed by atoms with Crippen LogP contribution in [-0.2, 0) is 11.2 Å². The molecule has 1 aliphatic heterocycles. The monoisotopic (exact) mass is 434 g/mol. The average molecular weight is 435 g/mol. The number of hydrogen-bond donors (Lipinski definition) is 0. The first-order valence-electron chi connectivity index (χ1n) is 9.85. The molecule has 0 amide bonds. The molecule has 4 heterocycles. The van der Waals surface area contributed by atoms with Crippen LogP contribution in [0.3, 0.4) is 0 Å². The van der Waals surface area contributed by atoms with Crippen LogP contribution in [0.4, 0.5) is 14.6 Å². The van der Waals surface area contributed by atoms with Crippen molar-refractivity contribution in [2.24, 2.45) is 11.8 Å². The van der Waals surface area contributed by atoms with E-state index in [0.717, 1.165) is 18.8 Å². The van der Waals surface area contributed by atoms with E-state index in [1.807, 2.05) is 6.07 Å². The summed E-state index contributed by atoms with van der Waals surface area (Å²) < 4.78 is 39.4. The zero-order valence-electron chi connectivity index (χ0n) is 17.1. The van der Waals surface area contributed by atoms with Gasteiger partial charge in [0, 0.05) is 24.6 Å². The molecule has 0 saturated carbocycles. The van der Waals surface area contributed by atoms with Crippen molar-refractivity contribution >= 4 is 22.6 Å². The zero-order valence-corrected chi connectivity index (χ0v) is 17.9. The second-order valence-corrected chi connectivity index (χ2v) is 9.45. The first-order chi connectivity index (χ1) is 14.3. The van der Waals surface area contributed by atoms with Crippen LogP contribution in [-0.4, -0.2) is 53.7 Å². The molecule has 4 unspecified atom stereocenters. The maximum atomic E-state index is 13.1. The Morgan fingerprint density at radius 1 is 1.23 bits per heavy atom. The summed E-state index contributed by atoms with van der Waals surface area (Å²) in [6.07, 6.45) is 3.16. The topological polar surface area (TPSA) is 82.3 Å². The molecule has 7 nitrogen and oxygen atoms in total. The molecule has 4 rings (SSSR count). The summed E-state index contributed by atoms with van der Waals surface area (Å²) in [5.41, 5.74) is 1.25. The number of nitrogens with zero attached hydrogens (tertiary/aromatic N) is 6. The first-order valence-corrected chi connectivity index (χ1v) is 11.6. The number of fused-ring (bicyclic) bond motifs is 1. The van der Waals surface area contributed by atoms with Crippen LogP contribution in [0.2, 0.25) is 0 Å². The van der Waals surface area contributed by atoms with Gasteiger partial charge < -0.3 is 9.45 Å². The van der Waals surface area contributed by atoms with Gasteiger partial charge in [0.05, 0.1) is 18.1 Å². The lowest BCUT2D eigenvalue weighted by Crippen LogP contribution is -2.49. The van der Waals surface area contributed by atoms with Gasteiger partial charge in [0.1, 0.15) is 29.3 Å². The number of piperidine rings is 1. The average Bonchev–Trinajstić information content (AvgIpc) is 3.13. The molecule has 1 saturated heterocycles. The summed E-state index contributed by atoms with van der Waals surface area (Å²) in [7, 11) is 0. The fourth-order valence-corrected chi connectivity index (χ4v) is 5.20. The number of hydrogen-bond acceptors (Lipinski definition) is 6. The summed E-state index contributed by atoms with van der Waals surface area (Å²) in [5, 5.41) is 4.02. The van der Waals surface area contributed by atoms with Gasteiger partial charge in [0.2, 0.25) is 0 Å². The van der Waals surface area contributed by atoms with Crippen molar-refractivity contribution in [1.29, 1.82) is 0 Å². The molecule has 0 aromatic carbocycles. The third-order valence-electron chi connectivity index (χ3n) is 5.65. The van der Waals surface area contributed by atoms with Crippen LogP contribution < -0.4 is 4.90 Å². The van der Waals surface area contributed by atoms with Gasteiger partial charge in [-0.1, -0.05) is 18.1 Å². The highest BCUT2D eigenvalue weighted by Gasteiger charge is 2.34. The fourth-order valence-electron chi connectivity index (χ4n) is 4.18. The molecule has 0 aliphatic carbocycles. The summed E-state index contributed by atoms with van der Waals surface area (Å²) in [5.74, 6) is 2.17. The Morgan fingerprint density at radius 3 is 2.77 bits per heavy atom. The van der Waals surface area contributed by atoms with E-state index in [-0.39, 0.29) is 11.7 Å². The van der Waals surface area contributed by atoms with Crippen LogP contribution in [0.15, 0.2) is 30.7 Å². The molecule has 0 bridgehead atoms. The normalized spacial score (nSPS) is 23.3. The molecule has 1 aliphatic rings. The van der Waals surface area contributed by atoms with Crippen molar-refractivity contribution in [3.63, 3.8) is 0 Å². The summed E-state index contributed by atoms with van der Waals surface area (Å²) in [6.45, 7) is 5.16. The van der Waals surface area contributed by atoms with Gasteiger partial charge in [-0.05, 0) is 31.4 Å². The highest BCUT2D eigenvalue weighted by Crippen LogP contribution is 2.32. The second-order valence-electron chi connectivity index (χ2n) is 7.97. The van der Waals surface area contributed by atoms with E-state index in [9.17, 15) is 13.3 Å². The smallest absolute Gasteiger partial charge is 0.282 e. The molecule has 3 aromatic heterocycles. The number of rotatable bonds is 5. The molecule has 0 N–H and O–H groups in total. The van der Waals surface area contributed by atoms with Gasteiger partial charge >= 0.3 is 0 Å². The third kappa shape index (κ3) is 4.11. The maximum absolute atomic E-state index is 13.1. The number of halogens is 2. The number of imidazole rings is 1. The van der Waals surface area contributed by atoms with Gasteiger partial charge in [-0.2, -0.15) is 5.10 Å². The molecule has 10 heteroatoms. The van der Waals surface area contributed by atoms with E-state index in [1.165, 1.54) is 23.0 Å². The predicted octanol–water partition coefficient (Wildman–Crippen LogP) is 3.35. The van der Waals surface area contributed by atoms with Crippen LogP contribution in [0.1, 0.15) is 32.4 Å². The molecule has 3 aromatic rings. The van der Waals surface area contributed by atoms with E-state index in [2.05, 4.69) is 38.8 Å². The Balaban J connectivity index is 1.69. The lowest BCUT2D eigenvalue weighted by atomic mass is 9.86. The van der Waals surface area contributed by atoms with Crippen molar-refractivity contribution in [2.75, 3.05) is 23.5 Å². The highest BCUT2D eigenvalue weighted by atomic mass is 32.2. The van der Waals surface area contributed by atoms with Gasteiger partial charge in [-0.15, -0.1) is 0 Å². The van der Waals surface area contributed by atoms with Crippen LogP contribution in [0, 0.1) is 11.8 Å². The molecular weight excluding hydrogens is 410 g/mol. The third-order valence-corrected chi connectivity index (χ3v) is 6.55. The van der Waals surface area contributed by atoms with Crippen LogP contribution >= 0.6 is 0 Å². The molecule has 0 radical (unpaired) electrons. The van der Waals surface area contributed by atoms with Gasteiger partial charge in [0.15, 0.2) is 5.65 Å². The molecule has 1 fully saturated rings. The van der Waals surface area contributed by atoms with Crippen molar-refractivity contribution < 1.29 is 13.3 Å². The molecule has 30 heavy (non-hydrogen) atoms. The Morgan fingerprint density at radius 2 is 2.03 bits per heavy atom. The molecular formula is C20H24F2N6OS. The SMILES string of the molecule is CC1CC(C[S+](C)[O-])C(C)N(c2cc(-c3cnc4ccc(C(F)F)nn34)ncn2)C1. The van der Waals surface area contributed by atoms with E-state index in [1.54, 1.807) is 12.5 Å². The minimum absolute atomic E-state index is 0.179. The minimum atomic E-state index is -2.66. The second kappa shape index (κ2) is 8.43. The van der Waals surface area contributed by atoms with E-state index < -0.39 is 17.6 Å². The van der Waals surface area contributed by atoms with Crippen molar-refractivity contribution in [3.05, 3.63) is 36.4 Å². The van der Waals surface area contributed by atoms with Crippen molar-refractivity contribution in [1.82, 2.24) is 24.6 Å². The standard InChI is InChI=1S/C20H24F2N6OS/c1-12-6-14(10-30(3)29)13(2)27(9-12)19-7-16(24-11-25-19)17-8-23-18-5-4-15(20(21)22)26-28(17)18/h4-5,7-8,11-14,20H,6,9-10H2,1-3H3. The predicted molar refractivity (Wildman–Crippen MR) is 112 cm³/mol. The number of alkyl halides is 2. The maximum Gasteiger partial charge on any atom is 0.282 e. The van der Waals surface area contributed by atoms with E-state index in [0.29, 0.717) is 34.6 Å². The minimum Gasteiger partial charge on any atom is -0.617 e. The fraction of sp³-hybridized carbons (Fsp3) is 0.500. The number of aromatic nitrogens is 5. The molecule has 160 valence electrons. The Kier molecular flexibility index (Phi) is 5.88. The van der Waals surface area contributed by atoms with Gasteiger partial charge in [-0.3, -0.25) is 0 Å². The van der Waals surface area contributed by atoms with Crippen molar-refractivity contribution in [3.8, 4) is 11.4 Å². The zero-order chi connectivity index (χ0) is 21.4. The Hall–Kier alpha value is -2.33. The van der Waals surface area contributed by atoms with E-state index in [4.69, 9.17) is 0 Å².